The molecule has 1 amide bonds. The number of hydrogen-bond donors (Lipinski definition) is 2. The van der Waals surface area contributed by atoms with Crippen molar-refractivity contribution in [3.63, 3.8) is 0 Å². The number of aromatic nitrogens is 1. The van der Waals surface area contributed by atoms with Gasteiger partial charge in [-0.25, -0.2) is 13.2 Å². The Bertz CT molecular complexity index is 1570. The van der Waals surface area contributed by atoms with Gasteiger partial charge in [0.15, 0.2) is 0 Å². The molecule has 2 N–H and O–H groups in total. The average Bonchev–Trinajstić information content (AvgIpc) is 2.92. The molecule has 5 rings (SSSR count). The second kappa shape index (κ2) is 9.90. The Morgan fingerprint density at radius 1 is 0.838 bits per heavy atom. The van der Waals surface area contributed by atoms with Gasteiger partial charge in [-0.15, -0.1) is 0 Å². The Balaban J connectivity index is 1.24. The van der Waals surface area contributed by atoms with E-state index >= 15 is 0 Å². The zero-order valence-corrected chi connectivity index (χ0v) is 20.6. The summed E-state index contributed by atoms with van der Waals surface area (Å²) < 4.78 is 28.6. The normalized spacial score (nSPS) is 13.9. The van der Waals surface area contributed by atoms with Crippen LogP contribution in [-0.4, -0.2) is 61.5 Å². The summed E-state index contributed by atoms with van der Waals surface area (Å²) >= 11 is 0. The fraction of sp³-hybridized carbons (Fsp3) is 0.148. The third kappa shape index (κ3) is 5.10. The molecular formula is C27H24N4O5S. The number of nitrogens with zero attached hydrogens (tertiary/aromatic N) is 3. The van der Waals surface area contributed by atoms with E-state index < -0.39 is 16.0 Å². The van der Waals surface area contributed by atoms with Gasteiger partial charge >= 0.3 is 5.97 Å². The average molecular weight is 517 g/mol. The lowest BCUT2D eigenvalue weighted by Gasteiger charge is -2.36. The summed E-state index contributed by atoms with van der Waals surface area (Å²) in [5.41, 5.74) is 2.22. The Labute approximate surface area is 214 Å². The number of carbonyl (C=O) groups is 2. The number of piperazine rings is 1. The summed E-state index contributed by atoms with van der Waals surface area (Å²) in [6.07, 6.45) is 1.55. The number of amides is 1. The monoisotopic (exact) mass is 516 g/mol. The Kier molecular flexibility index (Phi) is 6.49. The van der Waals surface area contributed by atoms with Gasteiger partial charge in [0.2, 0.25) is 0 Å². The maximum Gasteiger partial charge on any atom is 0.335 e. The highest BCUT2D eigenvalue weighted by Crippen LogP contribution is 2.24. The number of carbonyl (C=O) groups excluding carboxylic acids is 1. The first kappa shape index (κ1) is 24.3. The van der Waals surface area contributed by atoms with Crippen molar-refractivity contribution < 1.29 is 23.1 Å². The van der Waals surface area contributed by atoms with Gasteiger partial charge in [0.1, 0.15) is 4.90 Å². The number of anilines is 2. The largest absolute Gasteiger partial charge is 0.478 e. The number of fused-ring (bicyclic) bond motifs is 1. The Morgan fingerprint density at radius 2 is 1.54 bits per heavy atom. The van der Waals surface area contributed by atoms with E-state index in [1.165, 1.54) is 6.07 Å². The number of carboxylic acid groups (broad SMARTS) is 1. The van der Waals surface area contributed by atoms with Crippen LogP contribution in [-0.2, 0) is 10.0 Å². The van der Waals surface area contributed by atoms with Crippen molar-refractivity contribution >= 4 is 44.2 Å². The van der Waals surface area contributed by atoms with Crippen LogP contribution in [0.4, 0.5) is 11.4 Å². The van der Waals surface area contributed by atoms with Crippen LogP contribution in [0.25, 0.3) is 10.9 Å². The lowest BCUT2D eigenvalue weighted by Crippen LogP contribution is -2.48. The van der Waals surface area contributed by atoms with Crippen molar-refractivity contribution in [3.8, 4) is 0 Å². The molecule has 0 atom stereocenters. The van der Waals surface area contributed by atoms with Crippen LogP contribution < -0.4 is 9.62 Å². The predicted octanol–water partition coefficient (Wildman–Crippen LogP) is 3.70. The molecule has 0 unspecified atom stereocenters. The van der Waals surface area contributed by atoms with Gasteiger partial charge in [-0.05, 0) is 54.6 Å². The molecule has 2 heterocycles. The quantitative estimate of drug-likeness (QED) is 0.401. The van der Waals surface area contributed by atoms with Gasteiger partial charge in [-0.2, -0.15) is 0 Å². The molecule has 10 heteroatoms. The molecule has 1 fully saturated rings. The fourth-order valence-corrected chi connectivity index (χ4v) is 5.61. The number of aromatic carboxylic acids is 1. The number of hydrogen-bond acceptors (Lipinski definition) is 6. The minimum atomic E-state index is -3.88. The van der Waals surface area contributed by atoms with Gasteiger partial charge < -0.3 is 14.9 Å². The van der Waals surface area contributed by atoms with Crippen LogP contribution >= 0.6 is 0 Å². The van der Waals surface area contributed by atoms with Crippen molar-refractivity contribution in [1.82, 2.24) is 9.88 Å². The number of benzene rings is 3. The van der Waals surface area contributed by atoms with Crippen LogP contribution in [0.1, 0.15) is 20.7 Å². The van der Waals surface area contributed by atoms with Gasteiger partial charge in [-0.3, -0.25) is 14.5 Å². The van der Waals surface area contributed by atoms with Crippen LogP contribution in [0.5, 0.6) is 0 Å². The third-order valence-electron chi connectivity index (χ3n) is 6.29. The number of para-hydroxylation sites is 1. The second-order valence-corrected chi connectivity index (χ2v) is 10.3. The summed E-state index contributed by atoms with van der Waals surface area (Å²) in [7, 11) is -3.88. The van der Waals surface area contributed by atoms with E-state index in [2.05, 4.69) is 14.6 Å². The molecule has 3 aromatic carbocycles. The number of sulfonamides is 1. The van der Waals surface area contributed by atoms with Crippen molar-refractivity contribution in [2.24, 2.45) is 0 Å². The van der Waals surface area contributed by atoms with E-state index in [0.29, 0.717) is 42.9 Å². The third-order valence-corrected chi connectivity index (χ3v) is 7.71. The first-order chi connectivity index (χ1) is 17.8. The smallest absolute Gasteiger partial charge is 0.335 e. The number of rotatable bonds is 6. The molecule has 37 heavy (non-hydrogen) atoms. The first-order valence-corrected chi connectivity index (χ1v) is 13.1. The molecule has 1 aliphatic heterocycles. The van der Waals surface area contributed by atoms with E-state index in [0.717, 1.165) is 11.1 Å². The minimum Gasteiger partial charge on any atom is -0.478 e. The Morgan fingerprint density at radius 3 is 2.27 bits per heavy atom. The lowest BCUT2D eigenvalue weighted by molar-refractivity contribution is 0.0696. The number of pyridine rings is 1. The van der Waals surface area contributed by atoms with Gasteiger partial charge in [0, 0.05) is 54.7 Å². The molecule has 1 saturated heterocycles. The molecule has 0 bridgehead atoms. The van der Waals surface area contributed by atoms with E-state index in [4.69, 9.17) is 0 Å². The summed E-state index contributed by atoms with van der Waals surface area (Å²) in [5.74, 6) is -1.12. The van der Waals surface area contributed by atoms with E-state index in [-0.39, 0.29) is 16.4 Å². The SMILES string of the molecule is O=C(O)c1cccc(N2CCN(C(=O)c3ccc(NS(=O)(=O)c4cccc5cccnc45)cc3)CC2)c1. The Hall–Kier alpha value is -4.44. The molecule has 0 radical (unpaired) electrons. The molecule has 9 nitrogen and oxygen atoms in total. The van der Waals surface area contributed by atoms with Gasteiger partial charge in [0.25, 0.3) is 15.9 Å². The van der Waals surface area contributed by atoms with Crippen LogP contribution in [0.2, 0.25) is 0 Å². The molecule has 0 saturated carbocycles. The molecule has 0 aliphatic carbocycles. The zero-order chi connectivity index (χ0) is 26.0. The van der Waals surface area contributed by atoms with Crippen molar-refractivity contribution in [3.05, 3.63) is 96.2 Å². The number of nitrogens with one attached hydrogen (secondary N) is 1. The van der Waals surface area contributed by atoms with E-state index in [1.54, 1.807) is 77.8 Å². The van der Waals surface area contributed by atoms with Crippen LogP contribution in [0, 0.1) is 0 Å². The summed E-state index contributed by atoms with van der Waals surface area (Å²) in [6, 6.07) is 21.6. The standard InChI is InChI=1S/C27H24N4O5S/c32-26(31-16-14-30(15-17-31)23-7-1-5-21(18-23)27(33)34)20-9-11-22(12-10-20)29-37(35,36)24-8-2-4-19-6-3-13-28-25(19)24/h1-13,18,29H,14-17H2,(H,33,34). The molecule has 0 spiro atoms. The molecule has 1 aromatic heterocycles. The highest BCUT2D eigenvalue weighted by molar-refractivity contribution is 7.93. The topological polar surface area (TPSA) is 120 Å². The first-order valence-electron chi connectivity index (χ1n) is 11.7. The summed E-state index contributed by atoms with van der Waals surface area (Å²) in [4.78, 5) is 32.4. The minimum absolute atomic E-state index is 0.0810. The summed E-state index contributed by atoms with van der Waals surface area (Å²) in [6.45, 7) is 2.12. The predicted molar refractivity (Wildman–Crippen MR) is 141 cm³/mol. The molecular weight excluding hydrogens is 492 g/mol. The van der Waals surface area contributed by atoms with Crippen molar-refractivity contribution in [2.75, 3.05) is 35.8 Å². The molecule has 1 aliphatic rings. The number of carboxylic acids is 1. The molecule has 4 aromatic rings. The van der Waals surface area contributed by atoms with Crippen molar-refractivity contribution in [2.45, 2.75) is 4.90 Å². The summed E-state index contributed by atoms with van der Waals surface area (Å²) in [5, 5.41) is 9.94. The lowest BCUT2D eigenvalue weighted by atomic mass is 10.1. The maximum atomic E-state index is 13.0. The van der Waals surface area contributed by atoms with Crippen LogP contribution in [0.3, 0.4) is 0 Å². The van der Waals surface area contributed by atoms with E-state index in [1.807, 2.05) is 6.07 Å². The zero-order valence-electron chi connectivity index (χ0n) is 19.7. The van der Waals surface area contributed by atoms with Crippen LogP contribution in [0.15, 0.2) is 90.0 Å². The highest BCUT2D eigenvalue weighted by atomic mass is 32.2. The van der Waals surface area contributed by atoms with Crippen molar-refractivity contribution in [1.29, 1.82) is 0 Å². The fourth-order valence-electron chi connectivity index (χ4n) is 4.37. The second-order valence-electron chi connectivity index (χ2n) is 8.65. The van der Waals surface area contributed by atoms with Gasteiger partial charge in [0.05, 0.1) is 11.1 Å². The van der Waals surface area contributed by atoms with E-state index in [9.17, 15) is 23.1 Å². The van der Waals surface area contributed by atoms with Gasteiger partial charge in [-0.1, -0.05) is 24.3 Å². The maximum absolute atomic E-state index is 13.0. The highest BCUT2D eigenvalue weighted by Gasteiger charge is 2.23. The molecule has 188 valence electrons.